The van der Waals surface area contributed by atoms with E-state index in [1.165, 1.54) is 6.07 Å². The number of aromatic nitrogens is 1. The molecule has 0 saturated heterocycles. The maximum absolute atomic E-state index is 12.5. The molecule has 2 aromatic carbocycles. The van der Waals surface area contributed by atoms with Crippen LogP contribution in [0.15, 0.2) is 59.4 Å². The molecular weight excluding hydrogens is 392 g/mol. The van der Waals surface area contributed by atoms with Crippen molar-refractivity contribution in [1.29, 1.82) is 0 Å². The van der Waals surface area contributed by atoms with E-state index in [2.05, 4.69) is 10.3 Å². The van der Waals surface area contributed by atoms with Crippen LogP contribution in [0.2, 0.25) is 5.02 Å². The summed E-state index contributed by atoms with van der Waals surface area (Å²) in [6.07, 6.45) is 0.777. The first-order chi connectivity index (χ1) is 14.1. The molecule has 0 radical (unpaired) electrons. The van der Waals surface area contributed by atoms with Gasteiger partial charge in [0.15, 0.2) is 11.5 Å². The van der Waals surface area contributed by atoms with Gasteiger partial charge >= 0.3 is 0 Å². The molecule has 6 nitrogen and oxygen atoms in total. The molecule has 0 fully saturated rings. The normalized spacial score (nSPS) is 12.9. The second-order valence-corrected chi connectivity index (χ2v) is 7.03. The van der Waals surface area contributed by atoms with Crippen LogP contribution in [0.3, 0.4) is 0 Å². The van der Waals surface area contributed by atoms with Gasteiger partial charge in [-0.2, -0.15) is 0 Å². The van der Waals surface area contributed by atoms with Gasteiger partial charge in [-0.3, -0.25) is 9.59 Å². The number of hydrogen-bond acceptors (Lipinski definition) is 4. The predicted molar refractivity (Wildman–Crippen MR) is 111 cm³/mol. The van der Waals surface area contributed by atoms with Gasteiger partial charge in [0.1, 0.15) is 5.56 Å². The summed E-state index contributed by atoms with van der Waals surface area (Å²) in [7, 11) is 0. The number of carbonyl (C=O) groups excluding carboxylic acids is 1. The fourth-order valence-electron chi connectivity index (χ4n) is 3.10. The third-order valence-corrected chi connectivity index (χ3v) is 4.83. The van der Waals surface area contributed by atoms with E-state index in [-0.39, 0.29) is 12.1 Å². The molecule has 29 heavy (non-hydrogen) atoms. The van der Waals surface area contributed by atoms with Gasteiger partial charge in [0.05, 0.1) is 18.2 Å². The van der Waals surface area contributed by atoms with Gasteiger partial charge in [0.2, 0.25) is 0 Å². The van der Waals surface area contributed by atoms with Crippen molar-refractivity contribution in [3.63, 3.8) is 0 Å². The second kappa shape index (κ2) is 8.41. The third-order valence-electron chi connectivity index (χ3n) is 4.55. The van der Waals surface area contributed by atoms with E-state index in [4.69, 9.17) is 21.1 Å². The Balaban J connectivity index is 1.48. The average molecular weight is 411 g/mol. The number of H-pyrrole nitrogens is 1. The number of pyridine rings is 1. The van der Waals surface area contributed by atoms with Crippen LogP contribution in [0, 0.1) is 0 Å². The molecule has 0 spiro atoms. The molecule has 2 heterocycles. The van der Waals surface area contributed by atoms with Crippen molar-refractivity contribution in [3.05, 3.63) is 81.1 Å². The zero-order valence-electron chi connectivity index (χ0n) is 15.5. The summed E-state index contributed by atoms with van der Waals surface area (Å²) < 4.78 is 11.3. The molecule has 0 atom stereocenters. The van der Waals surface area contributed by atoms with Gasteiger partial charge in [-0.15, -0.1) is 0 Å². The molecule has 7 heteroatoms. The SMILES string of the molecule is O=C(NCc1cc(Cl)c2c(c1)OCCCO2)c1ccc(-c2ccccc2)[nH]c1=O. The average Bonchev–Trinajstić information content (AvgIpc) is 2.98. The van der Waals surface area contributed by atoms with E-state index in [1.807, 2.05) is 30.3 Å². The highest BCUT2D eigenvalue weighted by Gasteiger charge is 2.17. The Kier molecular flexibility index (Phi) is 5.53. The van der Waals surface area contributed by atoms with E-state index >= 15 is 0 Å². The van der Waals surface area contributed by atoms with Gasteiger partial charge in [-0.1, -0.05) is 41.9 Å². The number of aromatic amines is 1. The molecule has 148 valence electrons. The van der Waals surface area contributed by atoms with Crippen molar-refractivity contribution in [2.75, 3.05) is 13.2 Å². The van der Waals surface area contributed by atoms with Crippen LogP contribution in [0.5, 0.6) is 11.5 Å². The maximum Gasteiger partial charge on any atom is 0.261 e. The summed E-state index contributed by atoms with van der Waals surface area (Å²) in [6, 6.07) is 16.2. The number of nitrogens with one attached hydrogen (secondary N) is 2. The topological polar surface area (TPSA) is 80.4 Å². The highest BCUT2D eigenvalue weighted by atomic mass is 35.5. The van der Waals surface area contributed by atoms with Crippen LogP contribution >= 0.6 is 11.6 Å². The van der Waals surface area contributed by atoms with E-state index < -0.39 is 11.5 Å². The Bertz CT molecular complexity index is 1100. The lowest BCUT2D eigenvalue weighted by atomic mass is 10.1. The minimum atomic E-state index is -0.464. The highest BCUT2D eigenvalue weighted by molar-refractivity contribution is 6.32. The van der Waals surface area contributed by atoms with Crippen molar-refractivity contribution in [2.24, 2.45) is 0 Å². The number of ether oxygens (including phenoxy) is 2. The molecule has 4 rings (SSSR count). The summed E-state index contributed by atoms with van der Waals surface area (Å²) in [4.78, 5) is 27.6. The van der Waals surface area contributed by atoms with Crippen LogP contribution in [0.1, 0.15) is 22.3 Å². The van der Waals surface area contributed by atoms with Gasteiger partial charge in [-0.05, 0) is 35.4 Å². The number of amides is 1. The predicted octanol–water partition coefficient (Wildman–Crippen LogP) is 3.79. The molecule has 0 bridgehead atoms. The van der Waals surface area contributed by atoms with Crippen molar-refractivity contribution in [3.8, 4) is 22.8 Å². The minimum Gasteiger partial charge on any atom is -0.489 e. The lowest BCUT2D eigenvalue weighted by molar-refractivity contribution is 0.0949. The maximum atomic E-state index is 12.5. The summed E-state index contributed by atoms with van der Waals surface area (Å²) in [6.45, 7) is 1.29. The van der Waals surface area contributed by atoms with Crippen LogP contribution < -0.4 is 20.3 Å². The number of rotatable bonds is 4. The molecule has 1 aliphatic heterocycles. The number of fused-ring (bicyclic) bond motifs is 1. The Labute approximate surface area is 172 Å². The number of carbonyl (C=O) groups is 1. The lowest BCUT2D eigenvalue weighted by Crippen LogP contribution is -2.29. The van der Waals surface area contributed by atoms with Gasteiger partial charge in [-0.25, -0.2) is 0 Å². The molecule has 1 amide bonds. The molecule has 1 aromatic heterocycles. The van der Waals surface area contributed by atoms with E-state index in [1.54, 1.807) is 18.2 Å². The molecular formula is C22H19ClN2O4. The Morgan fingerprint density at radius 1 is 1.07 bits per heavy atom. The van der Waals surface area contributed by atoms with Crippen LogP contribution in [0.4, 0.5) is 0 Å². The van der Waals surface area contributed by atoms with Crippen LogP contribution in [0.25, 0.3) is 11.3 Å². The molecule has 3 aromatic rings. The molecule has 0 aliphatic carbocycles. The summed E-state index contributed by atoms with van der Waals surface area (Å²) >= 11 is 6.28. The zero-order valence-corrected chi connectivity index (χ0v) is 16.3. The fraction of sp³-hybridized carbons (Fsp3) is 0.182. The Hall–Kier alpha value is -3.25. The monoisotopic (exact) mass is 410 g/mol. The van der Waals surface area contributed by atoms with Crippen molar-refractivity contribution in [2.45, 2.75) is 13.0 Å². The van der Waals surface area contributed by atoms with Gasteiger partial charge in [0.25, 0.3) is 11.5 Å². The van der Waals surface area contributed by atoms with Crippen molar-refractivity contribution in [1.82, 2.24) is 10.3 Å². The number of hydrogen-bond donors (Lipinski definition) is 2. The standard InChI is InChI=1S/C22H19ClN2O4/c23-17-11-14(12-19-20(17)29-10-4-9-28-19)13-24-21(26)16-7-8-18(25-22(16)27)15-5-2-1-3-6-15/h1-3,5-8,11-12H,4,9-10,13H2,(H,24,26)(H,25,27). The molecule has 0 saturated carbocycles. The zero-order chi connectivity index (χ0) is 20.2. The van der Waals surface area contributed by atoms with E-state index in [9.17, 15) is 9.59 Å². The lowest BCUT2D eigenvalue weighted by Gasteiger charge is -2.12. The van der Waals surface area contributed by atoms with Gasteiger partial charge < -0.3 is 19.8 Å². The first-order valence-corrected chi connectivity index (χ1v) is 9.64. The van der Waals surface area contributed by atoms with Crippen LogP contribution in [-0.2, 0) is 6.54 Å². The number of benzene rings is 2. The first kappa shape index (κ1) is 19.1. The summed E-state index contributed by atoms with van der Waals surface area (Å²) in [5, 5.41) is 3.18. The fourth-order valence-corrected chi connectivity index (χ4v) is 3.39. The van der Waals surface area contributed by atoms with Crippen molar-refractivity contribution < 1.29 is 14.3 Å². The quantitative estimate of drug-likeness (QED) is 0.685. The largest absolute Gasteiger partial charge is 0.489 e. The first-order valence-electron chi connectivity index (χ1n) is 9.27. The van der Waals surface area contributed by atoms with E-state index in [0.29, 0.717) is 35.4 Å². The number of halogens is 1. The third kappa shape index (κ3) is 4.27. The van der Waals surface area contributed by atoms with Crippen molar-refractivity contribution >= 4 is 17.5 Å². The molecule has 1 aliphatic rings. The van der Waals surface area contributed by atoms with Gasteiger partial charge in [0, 0.05) is 18.7 Å². The van der Waals surface area contributed by atoms with Crippen LogP contribution in [-0.4, -0.2) is 24.1 Å². The Morgan fingerprint density at radius 3 is 2.66 bits per heavy atom. The molecule has 2 N–H and O–H groups in total. The smallest absolute Gasteiger partial charge is 0.261 e. The second-order valence-electron chi connectivity index (χ2n) is 6.62. The molecule has 0 unspecified atom stereocenters. The minimum absolute atomic E-state index is 0.0464. The summed E-state index contributed by atoms with van der Waals surface area (Å²) in [5.74, 6) is 0.616. The Morgan fingerprint density at radius 2 is 1.86 bits per heavy atom. The summed E-state index contributed by atoms with van der Waals surface area (Å²) in [5.41, 5.74) is 1.89. The van der Waals surface area contributed by atoms with E-state index in [0.717, 1.165) is 17.5 Å². The highest BCUT2D eigenvalue weighted by Crippen LogP contribution is 2.37.